The number of benzene rings is 2. The van der Waals surface area contributed by atoms with Crippen LogP contribution in [-0.2, 0) is 14.3 Å². The van der Waals surface area contributed by atoms with E-state index < -0.39 is 17.8 Å². The number of anilines is 2. The predicted molar refractivity (Wildman–Crippen MR) is 137 cm³/mol. The molecule has 1 N–H and O–H groups in total. The standard InChI is InChI=1S/C27H28ClN3O5/c1-3-36-27(35)18-8-7-11-21(16-18)31-25(33)22(28)23(26(31)34)29-19-14-12-17(13-15-19)24(32)30(2)20-9-5-4-6-10-20/h7-8,11-16,20,29H,3-6,9-10H2,1-2H3. The van der Waals surface area contributed by atoms with E-state index in [0.717, 1.165) is 30.6 Å². The summed E-state index contributed by atoms with van der Waals surface area (Å²) in [6.07, 6.45) is 5.52. The fourth-order valence-corrected chi connectivity index (χ4v) is 4.72. The Kier molecular flexibility index (Phi) is 7.74. The van der Waals surface area contributed by atoms with Crippen LogP contribution < -0.4 is 10.2 Å². The van der Waals surface area contributed by atoms with E-state index in [1.54, 1.807) is 37.3 Å². The Labute approximate surface area is 214 Å². The number of nitrogens with zero attached hydrogens (tertiary/aromatic N) is 2. The minimum absolute atomic E-state index is 0.0505. The number of halogens is 1. The first-order chi connectivity index (χ1) is 17.3. The van der Waals surface area contributed by atoms with E-state index in [0.29, 0.717) is 11.3 Å². The summed E-state index contributed by atoms with van der Waals surface area (Å²) in [5.74, 6) is -1.96. The molecule has 1 aliphatic heterocycles. The highest BCUT2D eigenvalue weighted by atomic mass is 35.5. The van der Waals surface area contributed by atoms with Crippen molar-refractivity contribution in [2.45, 2.75) is 45.1 Å². The number of carbonyl (C=O) groups excluding carboxylic acids is 4. The minimum Gasteiger partial charge on any atom is -0.462 e. The van der Waals surface area contributed by atoms with E-state index in [1.165, 1.54) is 24.6 Å². The van der Waals surface area contributed by atoms with Gasteiger partial charge in [0.15, 0.2) is 0 Å². The highest BCUT2D eigenvalue weighted by molar-refractivity contribution is 6.53. The number of carbonyl (C=O) groups is 4. The molecule has 2 aromatic rings. The lowest BCUT2D eigenvalue weighted by atomic mass is 9.94. The van der Waals surface area contributed by atoms with Crippen LogP contribution in [0.25, 0.3) is 0 Å². The van der Waals surface area contributed by atoms with Crippen molar-refractivity contribution in [3.05, 3.63) is 70.4 Å². The van der Waals surface area contributed by atoms with Crippen molar-refractivity contribution in [3.63, 3.8) is 0 Å². The molecule has 36 heavy (non-hydrogen) atoms. The van der Waals surface area contributed by atoms with E-state index in [-0.39, 0.29) is 40.5 Å². The van der Waals surface area contributed by atoms with Crippen LogP contribution in [0.1, 0.15) is 59.7 Å². The normalized spacial score (nSPS) is 16.4. The first-order valence-electron chi connectivity index (χ1n) is 12.0. The van der Waals surface area contributed by atoms with E-state index in [1.807, 2.05) is 11.9 Å². The molecule has 0 saturated heterocycles. The van der Waals surface area contributed by atoms with Gasteiger partial charge in [-0.2, -0.15) is 0 Å². The SMILES string of the molecule is CCOC(=O)c1cccc(N2C(=O)C(Cl)=C(Nc3ccc(C(=O)N(C)C4CCCCC4)cc3)C2=O)c1. The molecule has 188 valence electrons. The zero-order valence-electron chi connectivity index (χ0n) is 20.3. The van der Waals surface area contributed by atoms with Gasteiger partial charge < -0.3 is 15.0 Å². The van der Waals surface area contributed by atoms with Crippen LogP contribution in [-0.4, -0.2) is 48.3 Å². The van der Waals surface area contributed by atoms with Gasteiger partial charge in [-0.05, 0) is 62.2 Å². The average Bonchev–Trinajstić information content (AvgIpc) is 3.11. The van der Waals surface area contributed by atoms with Crippen molar-refractivity contribution in [2.24, 2.45) is 0 Å². The van der Waals surface area contributed by atoms with Crippen LogP contribution in [0.3, 0.4) is 0 Å². The number of hydrogen-bond donors (Lipinski definition) is 1. The molecule has 1 saturated carbocycles. The number of rotatable bonds is 7. The van der Waals surface area contributed by atoms with Crippen molar-refractivity contribution in [1.29, 1.82) is 0 Å². The lowest BCUT2D eigenvalue weighted by Gasteiger charge is -2.31. The van der Waals surface area contributed by atoms with Gasteiger partial charge in [-0.15, -0.1) is 0 Å². The molecule has 0 bridgehead atoms. The molecule has 0 atom stereocenters. The lowest BCUT2D eigenvalue weighted by molar-refractivity contribution is -0.120. The van der Waals surface area contributed by atoms with Crippen LogP contribution in [0.2, 0.25) is 0 Å². The highest BCUT2D eigenvalue weighted by Crippen LogP contribution is 2.31. The zero-order valence-corrected chi connectivity index (χ0v) is 21.0. The number of esters is 1. The zero-order chi connectivity index (χ0) is 25.8. The predicted octanol–water partition coefficient (Wildman–Crippen LogP) is 4.70. The Bertz CT molecular complexity index is 1220. The van der Waals surface area contributed by atoms with Crippen molar-refractivity contribution >= 4 is 46.7 Å². The molecule has 1 heterocycles. The third-order valence-corrected chi connectivity index (χ3v) is 6.84. The summed E-state index contributed by atoms with van der Waals surface area (Å²) < 4.78 is 4.99. The second-order valence-electron chi connectivity index (χ2n) is 8.82. The Morgan fingerprint density at radius 3 is 2.39 bits per heavy atom. The molecule has 2 aliphatic rings. The van der Waals surface area contributed by atoms with Crippen molar-refractivity contribution in [3.8, 4) is 0 Å². The molecule has 0 aromatic heterocycles. The van der Waals surface area contributed by atoms with Crippen molar-refractivity contribution in [1.82, 2.24) is 4.90 Å². The van der Waals surface area contributed by atoms with Crippen LogP contribution >= 0.6 is 11.6 Å². The van der Waals surface area contributed by atoms with Crippen LogP contribution in [0.5, 0.6) is 0 Å². The van der Waals surface area contributed by atoms with Gasteiger partial charge in [0.05, 0.1) is 17.9 Å². The number of nitrogens with one attached hydrogen (secondary N) is 1. The summed E-state index contributed by atoms with van der Waals surface area (Å²) >= 11 is 6.23. The van der Waals surface area contributed by atoms with E-state index in [2.05, 4.69) is 5.32 Å². The lowest BCUT2D eigenvalue weighted by Crippen LogP contribution is -2.38. The first-order valence-corrected chi connectivity index (χ1v) is 12.4. The summed E-state index contributed by atoms with van der Waals surface area (Å²) in [5.41, 5.74) is 1.38. The molecule has 1 fully saturated rings. The van der Waals surface area contributed by atoms with Crippen LogP contribution in [0.4, 0.5) is 11.4 Å². The molecule has 0 unspecified atom stereocenters. The quantitative estimate of drug-likeness (QED) is 0.429. The monoisotopic (exact) mass is 509 g/mol. The third-order valence-electron chi connectivity index (χ3n) is 6.49. The van der Waals surface area contributed by atoms with Crippen molar-refractivity contribution < 1.29 is 23.9 Å². The Morgan fingerprint density at radius 1 is 1.03 bits per heavy atom. The smallest absolute Gasteiger partial charge is 0.338 e. The summed E-state index contributed by atoms with van der Waals surface area (Å²) in [7, 11) is 1.84. The van der Waals surface area contributed by atoms with Gasteiger partial charge in [-0.3, -0.25) is 14.4 Å². The van der Waals surface area contributed by atoms with E-state index in [4.69, 9.17) is 16.3 Å². The molecule has 3 amide bonds. The third kappa shape index (κ3) is 5.14. The number of amides is 3. The first kappa shape index (κ1) is 25.4. The second-order valence-corrected chi connectivity index (χ2v) is 9.19. The Balaban J connectivity index is 1.47. The fraction of sp³-hybridized carbons (Fsp3) is 0.333. The maximum absolute atomic E-state index is 13.1. The molecule has 9 heteroatoms. The van der Waals surface area contributed by atoms with E-state index in [9.17, 15) is 19.2 Å². The van der Waals surface area contributed by atoms with Crippen LogP contribution in [0.15, 0.2) is 59.3 Å². The van der Waals surface area contributed by atoms with Gasteiger partial charge in [0.1, 0.15) is 10.7 Å². The average molecular weight is 510 g/mol. The summed E-state index contributed by atoms with van der Waals surface area (Å²) in [6, 6.07) is 13.0. The molecule has 4 rings (SSSR count). The summed E-state index contributed by atoms with van der Waals surface area (Å²) in [4.78, 5) is 53.6. The second kappa shape index (κ2) is 11.0. The summed E-state index contributed by atoms with van der Waals surface area (Å²) in [6.45, 7) is 1.89. The molecule has 0 radical (unpaired) electrons. The fourth-order valence-electron chi connectivity index (χ4n) is 4.51. The molecular weight excluding hydrogens is 482 g/mol. The van der Waals surface area contributed by atoms with Crippen LogP contribution in [0, 0.1) is 0 Å². The summed E-state index contributed by atoms with van der Waals surface area (Å²) in [5, 5.41) is 2.64. The highest BCUT2D eigenvalue weighted by Gasteiger charge is 2.39. The van der Waals surface area contributed by atoms with Gasteiger partial charge in [0.2, 0.25) is 0 Å². The number of hydrogen-bond acceptors (Lipinski definition) is 6. The topological polar surface area (TPSA) is 96.0 Å². The molecule has 1 aliphatic carbocycles. The molecule has 8 nitrogen and oxygen atoms in total. The van der Waals surface area contributed by atoms with Crippen molar-refractivity contribution in [2.75, 3.05) is 23.9 Å². The van der Waals surface area contributed by atoms with Gasteiger partial charge >= 0.3 is 5.97 Å². The van der Waals surface area contributed by atoms with Gasteiger partial charge in [-0.25, -0.2) is 9.69 Å². The van der Waals surface area contributed by atoms with Gasteiger partial charge in [-0.1, -0.05) is 36.9 Å². The molecule has 2 aromatic carbocycles. The Hall–Kier alpha value is -3.65. The van der Waals surface area contributed by atoms with Gasteiger partial charge in [0.25, 0.3) is 17.7 Å². The largest absolute Gasteiger partial charge is 0.462 e. The molecule has 0 spiro atoms. The maximum atomic E-state index is 13.1. The minimum atomic E-state index is -0.703. The maximum Gasteiger partial charge on any atom is 0.338 e. The number of imide groups is 1. The Morgan fingerprint density at radius 2 is 1.72 bits per heavy atom. The van der Waals surface area contributed by atoms with E-state index >= 15 is 0 Å². The van der Waals surface area contributed by atoms with Gasteiger partial charge in [0, 0.05) is 24.3 Å². The molecular formula is C27H28ClN3O5. The number of ether oxygens (including phenoxy) is 1.